The van der Waals surface area contributed by atoms with Crippen LogP contribution in [0.3, 0.4) is 0 Å². The average molecular weight is 477 g/mol. The van der Waals surface area contributed by atoms with Crippen molar-refractivity contribution in [1.29, 1.82) is 0 Å². The summed E-state index contributed by atoms with van der Waals surface area (Å²) in [5.74, 6) is 2.33. The van der Waals surface area contributed by atoms with Gasteiger partial charge in [-0.25, -0.2) is 4.98 Å². The Morgan fingerprint density at radius 3 is 2.96 bits per heavy atom. The van der Waals surface area contributed by atoms with Crippen molar-refractivity contribution in [3.8, 4) is 0 Å². The van der Waals surface area contributed by atoms with E-state index in [9.17, 15) is 0 Å². The molecule has 0 aliphatic carbocycles. The highest BCUT2D eigenvalue weighted by atomic mass is 127. The van der Waals surface area contributed by atoms with Gasteiger partial charge in [0.2, 0.25) is 0 Å². The highest BCUT2D eigenvalue weighted by molar-refractivity contribution is 14.0. The van der Waals surface area contributed by atoms with Gasteiger partial charge in [0.15, 0.2) is 5.96 Å². The maximum Gasteiger partial charge on any atom is 0.191 e. The van der Waals surface area contributed by atoms with E-state index in [0.29, 0.717) is 12.5 Å². The van der Waals surface area contributed by atoms with Crippen LogP contribution in [0.2, 0.25) is 0 Å². The van der Waals surface area contributed by atoms with Crippen LogP contribution in [0.25, 0.3) is 0 Å². The number of pyridine rings is 1. The summed E-state index contributed by atoms with van der Waals surface area (Å²) in [4.78, 5) is 10.7. The zero-order chi connectivity index (χ0) is 17.9. The Labute approximate surface area is 174 Å². The predicted octanol–water partition coefficient (Wildman–Crippen LogP) is 1.87. The van der Waals surface area contributed by atoms with Crippen molar-refractivity contribution in [2.24, 2.45) is 10.9 Å². The van der Waals surface area contributed by atoms with E-state index in [1.807, 2.05) is 31.3 Å². The molecule has 1 atom stereocenters. The predicted molar refractivity (Wildman–Crippen MR) is 117 cm³/mol. The maximum atomic E-state index is 5.71. The summed E-state index contributed by atoms with van der Waals surface area (Å²) in [5, 5.41) is 6.65. The van der Waals surface area contributed by atoms with Crippen molar-refractivity contribution < 1.29 is 9.47 Å². The molecule has 8 heteroatoms. The van der Waals surface area contributed by atoms with Gasteiger partial charge in [-0.1, -0.05) is 6.07 Å². The molecule has 0 radical (unpaired) electrons. The Morgan fingerprint density at radius 2 is 2.27 bits per heavy atom. The molecule has 0 aromatic carbocycles. The summed E-state index contributed by atoms with van der Waals surface area (Å²) in [5.41, 5.74) is 1.14. The number of ether oxygens (including phenoxy) is 2. The fourth-order valence-electron chi connectivity index (χ4n) is 2.72. The van der Waals surface area contributed by atoms with Crippen molar-refractivity contribution in [2.45, 2.75) is 19.4 Å². The molecule has 0 saturated carbocycles. The third-order valence-corrected chi connectivity index (χ3v) is 4.10. The summed E-state index contributed by atoms with van der Waals surface area (Å²) in [6.07, 6.45) is 3.88. The number of aromatic nitrogens is 1. The molecule has 1 unspecified atom stereocenters. The average Bonchev–Trinajstić information content (AvgIpc) is 3.14. The van der Waals surface area contributed by atoms with Gasteiger partial charge in [-0.3, -0.25) is 4.99 Å². The van der Waals surface area contributed by atoms with Gasteiger partial charge in [0.1, 0.15) is 5.82 Å². The zero-order valence-electron chi connectivity index (χ0n) is 16.0. The summed E-state index contributed by atoms with van der Waals surface area (Å²) < 4.78 is 11.1. The van der Waals surface area contributed by atoms with E-state index >= 15 is 0 Å². The highest BCUT2D eigenvalue weighted by Gasteiger charge is 2.15. The molecule has 26 heavy (non-hydrogen) atoms. The lowest BCUT2D eigenvalue weighted by Crippen LogP contribution is -2.38. The molecule has 1 saturated heterocycles. The lowest BCUT2D eigenvalue weighted by Gasteiger charge is -2.17. The first-order valence-electron chi connectivity index (χ1n) is 8.92. The number of nitrogens with one attached hydrogen (secondary N) is 2. The third kappa shape index (κ3) is 8.05. The first kappa shape index (κ1) is 22.9. The van der Waals surface area contributed by atoms with Crippen LogP contribution in [-0.2, 0) is 16.0 Å². The minimum atomic E-state index is 0. The lowest BCUT2D eigenvalue weighted by molar-refractivity contribution is 0.0888. The normalized spacial score (nSPS) is 16.9. The lowest BCUT2D eigenvalue weighted by atomic mass is 10.1. The number of aliphatic imine (C=N–C) groups is 1. The molecule has 7 nitrogen and oxygen atoms in total. The van der Waals surface area contributed by atoms with E-state index in [1.54, 1.807) is 7.05 Å². The SMILES string of the molecule is CN=C(NCCCOCC1CCOC1)NCc1cccnc1N(C)C.I. The van der Waals surface area contributed by atoms with Crippen LogP contribution in [0.5, 0.6) is 0 Å². The van der Waals surface area contributed by atoms with Crippen molar-refractivity contribution in [1.82, 2.24) is 15.6 Å². The van der Waals surface area contributed by atoms with Crippen LogP contribution in [-0.4, -0.2) is 65.1 Å². The largest absolute Gasteiger partial charge is 0.381 e. The molecular formula is C18H32IN5O2. The molecule has 1 fully saturated rings. The van der Waals surface area contributed by atoms with Crippen LogP contribution in [0.1, 0.15) is 18.4 Å². The Hall–Kier alpha value is -1.13. The Morgan fingerprint density at radius 1 is 1.42 bits per heavy atom. The van der Waals surface area contributed by atoms with E-state index in [-0.39, 0.29) is 24.0 Å². The van der Waals surface area contributed by atoms with Crippen LogP contribution in [0.15, 0.2) is 23.3 Å². The van der Waals surface area contributed by atoms with E-state index in [4.69, 9.17) is 9.47 Å². The Balaban J connectivity index is 0.00000338. The third-order valence-electron chi connectivity index (χ3n) is 4.10. The van der Waals surface area contributed by atoms with E-state index in [2.05, 4.69) is 26.7 Å². The number of nitrogens with zero attached hydrogens (tertiary/aromatic N) is 3. The maximum absolute atomic E-state index is 5.71. The number of hydrogen-bond acceptors (Lipinski definition) is 5. The van der Waals surface area contributed by atoms with Crippen LogP contribution in [0, 0.1) is 5.92 Å². The first-order valence-corrected chi connectivity index (χ1v) is 8.92. The molecule has 1 aliphatic rings. The molecule has 0 bridgehead atoms. The number of hydrogen-bond donors (Lipinski definition) is 2. The standard InChI is InChI=1S/C18H31N5O2.HI/c1-19-18(21-9-5-10-24-13-15-7-11-25-14-15)22-12-16-6-4-8-20-17(16)23(2)3;/h4,6,8,15H,5,7,9-14H2,1-3H3,(H2,19,21,22);1H. The van der Waals surface area contributed by atoms with Crippen molar-refractivity contribution in [2.75, 3.05) is 59.0 Å². The number of anilines is 1. The summed E-state index contributed by atoms with van der Waals surface area (Å²) in [6, 6.07) is 4.02. The van der Waals surface area contributed by atoms with E-state index in [1.165, 1.54) is 0 Å². The molecule has 2 rings (SSSR count). The van der Waals surface area contributed by atoms with Gasteiger partial charge in [-0.2, -0.15) is 0 Å². The van der Waals surface area contributed by atoms with E-state index in [0.717, 1.165) is 63.2 Å². The van der Waals surface area contributed by atoms with Crippen LogP contribution < -0.4 is 15.5 Å². The second kappa shape index (κ2) is 13.1. The Kier molecular flexibility index (Phi) is 11.5. The molecule has 2 N–H and O–H groups in total. The fourth-order valence-corrected chi connectivity index (χ4v) is 2.72. The molecule has 148 valence electrons. The zero-order valence-corrected chi connectivity index (χ0v) is 18.4. The second-order valence-corrected chi connectivity index (χ2v) is 6.39. The smallest absolute Gasteiger partial charge is 0.191 e. The minimum absolute atomic E-state index is 0. The molecule has 0 amide bonds. The number of halogens is 1. The summed E-state index contributed by atoms with van der Waals surface area (Å²) in [6.45, 7) is 4.80. The highest BCUT2D eigenvalue weighted by Crippen LogP contribution is 2.14. The van der Waals surface area contributed by atoms with Gasteiger partial charge in [-0.05, 0) is 18.9 Å². The summed E-state index contributed by atoms with van der Waals surface area (Å²) >= 11 is 0. The fraction of sp³-hybridized carbons (Fsp3) is 0.667. The van der Waals surface area contributed by atoms with Gasteiger partial charge in [0, 0.05) is 65.1 Å². The van der Waals surface area contributed by atoms with Gasteiger partial charge >= 0.3 is 0 Å². The van der Waals surface area contributed by atoms with Crippen molar-refractivity contribution in [3.05, 3.63) is 23.9 Å². The monoisotopic (exact) mass is 477 g/mol. The topological polar surface area (TPSA) is 71.0 Å². The Bertz CT molecular complexity index is 536. The second-order valence-electron chi connectivity index (χ2n) is 6.39. The van der Waals surface area contributed by atoms with E-state index < -0.39 is 0 Å². The molecule has 1 aromatic rings. The van der Waals surface area contributed by atoms with Crippen molar-refractivity contribution >= 4 is 35.8 Å². The molecular weight excluding hydrogens is 445 g/mol. The van der Waals surface area contributed by atoms with Crippen molar-refractivity contribution in [3.63, 3.8) is 0 Å². The first-order chi connectivity index (χ1) is 12.2. The molecule has 2 heterocycles. The number of guanidine groups is 1. The van der Waals surface area contributed by atoms with Crippen LogP contribution >= 0.6 is 24.0 Å². The number of rotatable bonds is 9. The molecule has 1 aliphatic heterocycles. The van der Waals surface area contributed by atoms with Gasteiger partial charge < -0.3 is 25.0 Å². The van der Waals surface area contributed by atoms with Gasteiger partial charge in [-0.15, -0.1) is 24.0 Å². The van der Waals surface area contributed by atoms with Crippen LogP contribution in [0.4, 0.5) is 5.82 Å². The van der Waals surface area contributed by atoms with Gasteiger partial charge in [0.05, 0.1) is 13.2 Å². The molecule has 1 aromatic heterocycles. The summed E-state index contributed by atoms with van der Waals surface area (Å²) in [7, 11) is 5.77. The minimum Gasteiger partial charge on any atom is -0.381 e. The molecule has 0 spiro atoms. The quantitative estimate of drug-likeness (QED) is 0.245. The van der Waals surface area contributed by atoms with Gasteiger partial charge in [0.25, 0.3) is 0 Å².